The van der Waals surface area contributed by atoms with Gasteiger partial charge in [0.1, 0.15) is 0 Å². The van der Waals surface area contributed by atoms with Gasteiger partial charge in [0.2, 0.25) is 5.92 Å². The molecule has 1 aliphatic carbocycles. The number of hydrogen-bond acceptors (Lipinski definition) is 2. The molecule has 2 aliphatic rings. The molecule has 2 atom stereocenters. The number of halogens is 3. The lowest BCUT2D eigenvalue weighted by Gasteiger charge is -2.32. The van der Waals surface area contributed by atoms with Gasteiger partial charge >= 0.3 is 0 Å². The van der Waals surface area contributed by atoms with E-state index in [4.69, 9.17) is 10.5 Å². The summed E-state index contributed by atoms with van der Waals surface area (Å²) in [4.78, 5) is 6.27. The third kappa shape index (κ3) is 5.31. The predicted molar refractivity (Wildman–Crippen MR) is 85.8 cm³/mol. The van der Waals surface area contributed by atoms with Gasteiger partial charge in [0.25, 0.3) is 0 Å². The average Bonchev–Trinajstić information content (AvgIpc) is 2.35. The summed E-state index contributed by atoms with van der Waals surface area (Å²) in [6.07, 6.45) is 1.52. The van der Waals surface area contributed by atoms with Gasteiger partial charge in [-0.25, -0.2) is 8.78 Å². The van der Waals surface area contributed by atoms with Gasteiger partial charge in [-0.3, -0.25) is 4.99 Å². The van der Waals surface area contributed by atoms with E-state index in [2.05, 4.69) is 4.99 Å². The fraction of sp³-hybridized carbons (Fsp3) is 0.923. The smallest absolute Gasteiger partial charge is 0.248 e. The molecule has 1 saturated heterocycles. The standard InChI is InChI=1S/C13H23F2N3O.HI/c1-10-9-18(5-6-19-10)12(16)17-8-11-3-2-4-13(14,15)7-11;/h10-11H,2-9H2,1H3,(H2,16,17);1H. The van der Waals surface area contributed by atoms with Gasteiger partial charge in [-0.15, -0.1) is 24.0 Å². The first kappa shape index (κ1) is 17.9. The van der Waals surface area contributed by atoms with E-state index in [0.29, 0.717) is 25.5 Å². The van der Waals surface area contributed by atoms with E-state index in [1.165, 1.54) is 0 Å². The van der Waals surface area contributed by atoms with E-state index in [9.17, 15) is 8.78 Å². The quantitative estimate of drug-likeness (QED) is 0.438. The van der Waals surface area contributed by atoms with Crippen LogP contribution < -0.4 is 5.73 Å². The van der Waals surface area contributed by atoms with Crippen LogP contribution in [-0.4, -0.2) is 49.1 Å². The Morgan fingerprint density at radius 1 is 1.50 bits per heavy atom. The topological polar surface area (TPSA) is 50.8 Å². The Labute approximate surface area is 136 Å². The summed E-state index contributed by atoms with van der Waals surface area (Å²) in [7, 11) is 0. The van der Waals surface area contributed by atoms with Gasteiger partial charge in [0.15, 0.2) is 5.96 Å². The first-order chi connectivity index (χ1) is 8.96. The van der Waals surface area contributed by atoms with Crippen LogP contribution in [-0.2, 0) is 4.74 Å². The fourth-order valence-corrected chi connectivity index (χ4v) is 2.78. The molecule has 0 amide bonds. The van der Waals surface area contributed by atoms with Gasteiger partial charge in [-0.05, 0) is 25.7 Å². The molecule has 2 fully saturated rings. The molecule has 1 heterocycles. The second-order valence-electron chi connectivity index (χ2n) is 5.64. The Hall–Kier alpha value is -0.180. The number of alkyl halides is 2. The third-order valence-corrected chi connectivity index (χ3v) is 3.82. The molecule has 1 saturated carbocycles. The Balaban J connectivity index is 0.00000200. The minimum absolute atomic E-state index is 0. The number of morpholine rings is 1. The lowest BCUT2D eigenvalue weighted by molar-refractivity contribution is -0.0508. The lowest BCUT2D eigenvalue weighted by atomic mass is 9.87. The fourth-order valence-electron chi connectivity index (χ4n) is 2.78. The monoisotopic (exact) mass is 403 g/mol. The number of guanidine groups is 1. The Bertz CT molecular complexity index is 342. The first-order valence-corrected chi connectivity index (χ1v) is 7.00. The second-order valence-corrected chi connectivity index (χ2v) is 5.64. The predicted octanol–water partition coefficient (Wildman–Crippen LogP) is 2.47. The summed E-state index contributed by atoms with van der Waals surface area (Å²) in [5.74, 6) is -2.09. The zero-order chi connectivity index (χ0) is 13.9. The summed E-state index contributed by atoms with van der Waals surface area (Å²) in [5, 5.41) is 0. The SMILES string of the molecule is CC1CN(C(N)=NCC2CCCC(F)(F)C2)CCO1.I. The second kappa shape index (κ2) is 7.72. The van der Waals surface area contributed by atoms with Crippen molar-refractivity contribution in [3.8, 4) is 0 Å². The van der Waals surface area contributed by atoms with Crippen molar-refractivity contribution >= 4 is 29.9 Å². The summed E-state index contributed by atoms with van der Waals surface area (Å²) in [6, 6.07) is 0. The number of nitrogens with zero attached hydrogens (tertiary/aromatic N) is 2. The van der Waals surface area contributed by atoms with E-state index in [1.54, 1.807) is 0 Å². The molecule has 1 aliphatic heterocycles. The summed E-state index contributed by atoms with van der Waals surface area (Å²) >= 11 is 0. The molecule has 0 bridgehead atoms. The number of rotatable bonds is 2. The first-order valence-electron chi connectivity index (χ1n) is 7.00. The largest absolute Gasteiger partial charge is 0.375 e. The number of hydrogen-bond donors (Lipinski definition) is 1. The molecular formula is C13H24F2IN3O. The van der Waals surface area contributed by atoms with Crippen LogP contribution >= 0.6 is 24.0 Å². The van der Waals surface area contributed by atoms with Crippen molar-refractivity contribution in [2.75, 3.05) is 26.2 Å². The normalized spacial score (nSPS) is 30.8. The highest BCUT2D eigenvalue weighted by Gasteiger charge is 2.36. The Morgan fingerprint density at radius 3 is 2.90 bits per heavy atom. The van der Waals surface area contributed by atoms with Crippen LogP contribution in [0.1, 0.15) is 32.6 Å². The van der Waals surface area contributed by atoms with E-state index in [0.717, 1.165) is 19.5 Å². The Kier molecular flexibility index (Phi) is 6.90. The van der Waals surface area contributed by atoms with Crippen molar-refractivity contribution in [3.63, 3.8) is 0 Å². The minimum Gasteiger partial charge on any atom is -0.375 e. The maximum Gasteiger partial charge on any atom is 0.248 e. The Morgan fingerprint density at radius 2 is 2.25 bits per heavy atom. The van der Waals surface area contributed by atoms with E-state index in [-0.39, 0.29) is 48.8 Å². The summed E-state index contributed by atoms with van der Waals surface area (Å²) in [5.41, 5.74) is 5.93. The molecule has 4 nitrogen and oxygen atoms in total. The van der Waals surface area contributed by atoms with E-state index >= 15 is 0 Å². The molecule has 20 heavy (non-hydrogen) atoms. The van der Waals surface area contributed by atoms with Gasteiger partial charge in [-0.2, -0.15) is 0 Å². The summed E-state index contributed by atoms with van der Waals surface area (Å²) < 4.78 is 32.0. The maximum absolute atomic E-state index is 13.3. The molecular weight excluding hydrogens is 379 g/mol. The van der Waals surface area contributed by atoms with Crippen molar-refractivity contribution in [2.45, 2.75) is 44.6 Å². The van der Waals surface area contributed by atoms with Crippen LogP contribution in [0.5, 0.6) is 0 Å². The van der Waals surface area contributed by atoms with Crippen LogP contribution in [0.2, 0.25) is 0 Å². The highest BCUT2D eigenvalue weighted by molar-refractivity contribution is 14.0. The molecule has 2 unspecified atom stereocenters. The highest BCUT2D eigenvalue weighted by Crippen LogP contribution is 2.36. The van der Waals surface area contributed by atoms with E-state index in [1.807, 2.05) is 11.8 Å². The van der Waals surface area contributed by atoms with Gasteiger partial charge in [0, 0.05) is 32.5 Å². The molecule has 7 heteroatoms. The van der Waals surface area contributed by atoms with Crippen molar-refractivity contribution in [3.05, 3.63) is 0 Å². The molecule has 2 N–H and O–H groups in total. The number of nitrogens with two attached hydrogens (primary N) is 1. The van der Waals surface area contributed by atoms with Crippen LogP contribution in [0.25, 0.3) is 0 Å². The minimum atomic E-state index is -2.51. The van der Waals surface area contributed by atoms with Crippen molar-refractivity contribution in [2.24, 2.45) is 16.6 Å². The lowest BCUT2D eigenvalue weighted by Crippen LogP contribution is -2.48. The zero-order valence-corrected chi connectivity index (χ0v) is 14.2. The molecule has 118 valence electrons. The zero-order valence-electron chi connectivity index (χ0n) is 11.9. The van der Waals surface area contributed by atoms with Gasteiger partial charge in [-0.1, -0.05) is 0 Å². The third-order valence-electron chi connectivity index (χ3n) is 3.82. The maximum atomic E-state index is 13.3. The van der Waals surface area contributed by atoms with E-state index < -0.39 is 5.92 Å². The van der Waals surface area contributed by atoms with Crippen LogP contribution in [0.4, 0.5) is 8.78 Å². The molecule has 0 radical (unpaired) electrons. The van der Waals surface area contributed by atoms with Gasteiger partial charge in [0.05, 0.1) is 12.7 Å². The molecule has 0 spiro atoms. The molecule has 2 rings (SSSR count). The van der Waals surface area contributed by atoms with Crippen molar-refractivity contribution in [1.29, 1.82) is 0 Å². The van der Waals surface area contributed by atoms with Crippen molar-refractivity contribution < 1.29 is 13.5 Å². The molecule has 0 aromatic heterocycles. The van der Waals surface area contributed by atoms with Crippen molar-refractivity contribution in [1.82, 2.24) is 4.90 Å². The highest BCUT2D eigenvalue weighted by atomic mass is 127. The summed E-state index contributed by atoms with van der Waals surface area (Å²) in [6.45, 7) is 4.48. The molecule has 0 aromatic carbocycles. The van der Waals surface area contributed by atoms with Crippen LogP contribution in [0.15, 0.2) is 4.99 Å². The number of aliphatic imine (C=N–C) groups is 1. The van der Waals surface area contributed by atoms with Gasteiger partial charge < -0.3 is 15.4 Å². The molecule has 0 aromatic rings. The van der Waals surface area contributed by atoms with Crippen LogP contribution in [0.3, 0.4) is 0 Å². The van der Waals surface area contributed by atoms with Crippen LogP contribution in [0, 0.1) is 5.92 Å². The average molecular weight is 403 g/mol. The number of ether oxygens (including phenoxy) is 1.